The van der Waals surface area contributed by atoms with E-state index in [0.29, 0.717) is 17.3 Å². The number of amides is 1. The van der Waals surface area contributed by atoms with Crippen LogP contribution in [0.15, 0.2) is 6.07 Å². The van der Waals surface area contributed by atoms with Crippen LogP contribution in [0.3, 0.4) is 0 Å². The van der Waals surface area contributed by atoms with Crippen LogP contribution in [0.4, 0.5) is 5.69 Å². The molecule has 6 heteroatoms. The molecule has 1 atom stereocenters. The van der Waals surface area contributed by atoms with Crippen LogP contribution in [-0.2, 0) is 9.53 Å². The van der Waals surface area contributed by atoms with Crippen molar-refractivity contribution in [2.45, 2.75) is 38.6 Å². The highest BCUT2D eigenvalue weighted by Gasteiger charge is 2.41. The van der Waals surface area contributed by atoms with Crippen LogP contribution in [-0.4, -0.2) is 48.0 Å². The normalized spacial score (nSPS) is 19.9. The summed E-state index contributed by atoms with van der Waals surface area (Å²) in [5.41, 5.74) is 1.64. The zero-order valence-electron chi connectivity index (χ0n) is 13.1. The SMILES string of the molecule is COC(=O)c1[nH]c(C)cc1NC(=O)C(C1CC1)N1CCCC1. The second-order valence-electron chi connectivity index (χ2n) is 6.25. The van der Waals surface area contributed by atoms with Gasteiger partial charge in [-0.05, 0) is 57.7 Å². The van der Waals surface area contributed by atoms with Crippen LogP contribution >= 0.6 is 0 Å². The van der Waals surface area contributed by atoms with Crippen LogP contribution in [0.25, 0.3) is 0 Å². The first-order valence-electron chi connectivity index (χ1n) is 7.93. The second kappa shape index (κ2) is 6.12. The molecule has 2 fully saturated rings. The van der Waals surface area contributed by atoms with Gasteiger partial charge >= 0.3 is 5.97 Å². The van der Waals surface area contributed by atoms with E-state index in [2.05, 4.69) is 15.2 Å². The van der Waals surface area contributed by atoms with Crippen molar-refractivity contribution in [2.24, 2.45) is 5.92 Å². The first-order chi connectivity index (χ1) is 10.6. The largest absolute Gasteiger partial charge is 0.464 e. The molecule has 2 aliphatic rings. The lowest BCUT2D eigenvalue weighted by Gasteiger charge is -2.26. The van der Waals surface area contributed by atoms with Gasteiger partial charge in [-0.2, -0.15) is 0 Å². The molecule has 0 spiro atoms. The second-order valence-corrected chi connectivity index (χ2v) is 6.25. The Morgan fingerprint density at radius 1 is 1.36 bits per heavy atom. The van der Waals surface area contributed by atoms with E-state index in [1.54, 1.807) is 6.07 Å². The van der Waals surface area contributed by atoms with Crippen molar-refractivity contribution >= 4 is 17.6 Å². The fraction of sp³-hybridized carbons (Fsp3) is 0.625. The molecule has 3 rings (SSSR count). The van der Waals surface area contributed by atoms with Crippen LogP contribution in [0.1, 0.15) is 41.9 Å². The van der Waals surface area contributed by atoms with Gasteiger partial charge < -0.3 is 15.0 Å². The van der Waals surface area contributed by atoms with Gasteiger partial charge in [0.2, 0.25) is 5.91 Å². The first kappa shape index (κ1) is 15.1. The molecule has 0 aromatic carbocycles. The number of nitrogens with zero attached hydrogens (tertiary/aromatic N) is 1. The van der Waals surface area contributed by atoms with Crippen LogP contribution in [0.5, 0.6) is 0 Å². The van der Waals surface area contributed by atoms with Gasteiger partial charge in [0.15, 0.2) is 0 Å². The van der Waals surface area contributed by atoms with Crippen molar-refractivity contribution in [2.75, 3.05) is 25.5 Å². The quantitative estimate of drug-likeness (QED) is 0.815. The fourth-order valence-corrected chi connectivity index (χ4v) is 3.27. The van der Waals surface area contributed by atoms with E-state index in [0.717, 1.165) is 44.5 Å². The molecule has 1 aromatic rings. The highest BCUT2D eigenvalue weighted by Crippen LogP contribution is 2.37. The molecular formula is C16H23N3O3. The molecule has 1 amide bonds. The number of aryl methyl sites for hydroxylation is 1. The zero-order chi connectivity index (χ0) is 15.7. The number of aromatic nitrogens is 1. The van der Waals surface area contributed by atoms with E-state index in [4.69, 9.17) is 4.74 Å². The average molecular weight is 305 g/mol. The molecule has 22 heavy (non-hydrogen) atoms. The highest BCUT2D eigenvalue weighted by atomic mass is 16.5. The molecule has 0 radical (unpaired) electrons. The summed E-state index contributed by atoms with van der Waals surface area (Å²) in [5, 5.41) is 2.93. The van der Waals surface area contributed by atoms with Crippen LogP contribution < -0.4 is 5.32 Å². The van der Waals surface area contributed by atoms with Gasteiger partial charge in [0.25, 0.3) is 0 Å². The van der Waals surface area contributed by atoms with Crippen LogP contribution in [0.2, 0.25) is 0 Å². The number of anilines is 1. The molecule has 1 aliphatic heterocycles. The molecule has 1 aromatic heterocycles. The lowest BCUT2D eigenvalue weighted by Crippen LogP contribution is -2.44. The van der Waals surface area contributed by atoms with E-state index in [9.17, 15) is 9.59 Å². The predicted molar refractivity (Wildman–Crippen MR) is 82.8 cm³/mol. The van der Waals surface area contributed by atoms with Gasteiger partial charge in [-0.25, -0.2) is 4.79 Å². The number of esters is 1. The first-order valence-corrected chi connectivity index (χ1v) is 7.93. The summed E-state index contributed by atoms with van der Waals surface area (Å²) < 4.78 is 4.76. The number of carbonyl (C=O) groups is 2. The lowest BCUT2D eigenvalue weighted by molar-refractivity contribution is -0.121. The maximum Gasteiger partial charge on any atom is 0.356 e. The summed E-state index contributed by atoms with van der Waals surface area (Å²) in [6.45, 7) is 3.83. The van der Waals surface area contributed by atoms with Crippen molar-refractivity contribution < 1.29 is 14.3 Å². The summed E-state index contributed by atoms with van der Waals surface area (Å²) in [6.07, 6.45) is 4.55. The predicted octanol–water partition coefficient (Wildman–Crippen LogP) is 1.92. The molecule has 1 aliphatic carbocycles. The number of likely N-dealkylation sites (tertiary alicyclic amines) is 1. The molecule has 6 nitrogen and oxygen atoms in total. The van der Waals surface area contributed by atoms with Crippen molar-refractivity contribution in [3.63, 3.8) is 0 Å². The number of hydrogen-bond donors (Lipinski definition) is 2. The third kappa shape index (κ3) is 3.02. The van der Waals surface area contributed by atoms with Gasteiger partial charge in [0.05, 0.1) is 18.8 Å². The van der Waals surface area contributed by atoms with Gasteiger partial charge in [0, 0.05) is 5.69 Å². The fourth-order valence-electron chi connectivity index (χ4n) is 3.27. The number of nitrogens with one attached hydrogen (secondary N) is 2. The number of ether oxygens (including phenoxy) is 1. The number of methoxy groups -OCH3 is 1. The summed E-state index contributed by atoms with van der Waals surface area (Å²) in [6, 6.07) is 1.71. The summed E-state index contributed by atoms with van der Waals surface area (Å²) in [5.74, 6) is -0.0131. The smallest absolute Gasteiger partial charge is 0.356 e. The van der Waals surface area contributed by atoms with E-state index < -0.39 is 5.97 Å². The highest BCUT2D eigenvalue weighted by molar-refractivity contribution is 6.02. The number of aromatic amines is 1. The Bertz CT molecular complexity index is 571. The van der Waals surface area contributed by atoms with Crippen molar-refractivity contribution in [3.8, 4) is 0 Å². The topological polar surface area (TPSA) is 74.4 Å². The standard InChI is InChI=1S/C16H23N3O3/c1-10-9-12(13(17-10)16(21)22-2)18-15(20)14(11-5-6-11)19-7-3-4-8-19/h9,11,14,17H,3-8H2,1-2H3,(H,18,20). The maximum absolute atomic E-state index is 12.7. The summed E-state index contributed by atoms with van der Waals surface area (Å²) in [4.78, 5) is 29.8. The molecule has 2 N–H and O–H groups in total. The van der Waals surface area contributed by atoms with E-state index in [1.165, 1.54) is 7.11 Å². The number of carbonyl (C=O) groups excluding carboxylic acids is 2. The molecule has 1 saturated carbocycles. The molecule has 120 valence electrons. The minimum absolute atomic E-state index is 0.00597. The van der Waals surface area contributed by atoms with Gasteiger partial charge in [0.1, 0.15) is 5.69 Å². The number of rotatable bonds is 5. The molecule has 2 heterocycles. The van der Waals surface area contributed by atoms with Crippen LogP contribution in [0, 0.1) is 12.8 Å². The lowest BCUT2D eigenvalue weighted by atomic mass is 10.1. The molecule has 1 saturated heterocycles. The Morgan fingerprint density at radius 3 is 2.64 bits per heavy atom. The average Bonchev–Trinajstić information content (AvgIpc) is 3.03. The van der Waals surface area contributed by atoms with Crippen molar-refractivity contribution in [3.05, 3.63) is 17.5 Å². The van der Waals surface area contributed by atoms with E-state index in [-0.39, 0.29) is 11.9 Å². The van der Waals surface area contributed by atoms with E-state index in [1.807, 2.05) is 6.92 Å². The van der Waals surface area contributed by atoms with Crippen molar-refractivity contribution in [1.82, 2.24) is 9.88 Å². The zero-order valence-corrected chi connectivity index (χ0v) is 13.1. The van der Waals surface area contributed by atoms with Crippen molar-refractivity contribution in [1.29, 1.82) is 0 Å². The molecule has 0 bridgehead atoms. The van der Waals surface area contributed by atoms with Gasteiger partial charge in [-0.15, -0.1) is 0 Å². The Morgan fingerprint density at radius 2 is 2.05 bits per heavy atom. The van der Waals surface area contributed by atoms with E-state index >= 15 is 0 Å². The Hall–Kier alpha value is -1.82. The third-order valence-electron chi connectivity index (χ3n) is 4.47. The van der Waals surface area contributed by atoms with Gasteiger partial charge in [-0.1, -0.05) is 0 Å². The molecular weight excluding hydrogens is 282 g/mol. The minimum atomic E-state index is -0.465. The maximum atomic E-state index is 12.7. The number of hydrogen-bond acceptors (Lipinski definition) is 4. The Kier molecular flexibility index (Phi) is 4.20. The number of H-pyrrole nitrogens is 1. The summed E-state index contributed by atoms with van der Waals surface area (Å²) >= 11 is 0. The summed E-state index contributed by atoms with van der Waals surface area (Å²) in [7, 11) is 1.33. The molecule has 1 unspecified atom stereocenters. The third-order valence-corrected chi connectivity index (χ3v) is 4.47. The van der Waals surface area contributed by atoms with Gasteiger partial charge in [-0.3, -0.25) is 9.69 Å². The minimum Gasteiger partial charge on any atom is -0.464 e. The monoisotopic (exact) mass is 305 g/mol. The Balaban J connectivity index is 1.76. The Labute approximate surface area is 130 Å².